The van der Waals surface area contributed by atoms with Crippen molar-refractivity contribution in [3.8, 4) is 11.5 Å². The average Bonchev–Trinajstić information content (AvgIpc) is 2.37. The first-order chi connectivity index (χ1) is 8.62. The van der Waals surface area contributed by atoms with E-state index in [0.29, 0.717) is 18.0 Å². The van der Waals surface area contributed by atoms with Crippen LogP contribution >= 0.6 is 15.9 Å². The van der Waals surface area contributed by atoms with Gasteiger partial charge in [-0.15, -0.1) is 0 Å². The van der Waals surface area contributed by atoms with Crippen molar-refractivity contribution in [3.63, 3.8) is 0 Å². The van der Waals surface area contributed by atoms with Gasteiger partial charge < -0.3 is 19.9 Å². The highest BCUT2D eigenvalue weighted by atomic mass is 79.9. The molecule has 0 bridgehead atoms. The zero-order valence-corrected chi connectivity index (χ0v) is 12.6. The Balaban J connectivity index is 2.76. The summed E-state index contributed by atoms with van der Waals surface area (Å²) >= 11 is 3.52. The van der Waals surface area contributed by atoms with Gasteiger partial charge in [0.05, 0.1) is 14.2 Å². The molecule has 0 heterocycles. The summed E-state index contributed by atoms with van der Waals surface area (Å²) in [5.74, 6) is 1.42. The quantitative estimate of drug-likeness (QED) is 0.810. The van der Waals surface area contributed by atoms with Crippen molar-refractivity contribution in [2.24, 2.45) is 0 Å². The molecule has 0 spiro atoms. The largest absolute Gasteiger partial charge is 0.493 e. The summed E-state index contributed by atoms with van der Waals surface area (Å²) in [6, 6.07) is 4.11. The van der Waals surface area contributed by atoms with Gasteiger partial charge in [-0.2, -0.15) is 0 Å². The van der Waals surface area contributed by atoms with Crippen LogP contribution in [0.3, 0.4) is 0 Å². The SMILES string of the molecule is COc1cc(Br)c(CNC(C)CCO)cc1OC. The Morgan fingerprint density at radius 3 is 2.44 bits per heavy atom. The summed E-state index contributed by atoms with van der Waals surface area (Å²) in [6.07, 6.45) is 0.741. The standard InChI is InChI=1S/C13H20BrNO3/c1-9(4-5-16)15-8-10-6-12(17-2)13(18-3)7-11(10)14/h6-7,9,15-16H,4-5,8H2,1-3H3. The van der Waals surface area contributed by atoms with Crippen LogP contribution in [0.4, 0.5) is 0 Å². The van der Waals surface area contributed by atoms with Crippen molar-refractivity contribution in [1.29, 1.82) is 0 Å². The summed E-state index contributed by atoms with van der Waals surface area (Å²) in [5.41, 5.74) is 1.09. The molecular weight excluding hydrogens is 298 g/mol. The maximum absolute atomic E-state index is 8.85. The number of aliphatic hydroxyl groups excluding tert-OH is 1. The van der Waals surface area contributed by atoms with E-state index in [-0.39, 0.29) is 12.6 Å². The summed E-state index contributed by atoms with van der Waals surface area (Å²) < 4.78 is 11.5. The molecule has 1 atom stereocenters. The van der Waals surface area contributed by atoms with E-state index in [2.05, 4.69) is 21.2 Å². The van der Waals surface area contributed by atoms with Crippen LogP contribution in [0.5, 0.6) is 11.5 Å². The predicted molar refractivity (Wildman–Crippen MR) is 75.3 cm³/mol. The van der Waals surface area contributed by atoms with E-state index in [1.54, 1.807) is 14.2 Å². The van der Waals surface area contributed by atoms with Crippen molar-refractivity contribution in [2.45, 2.75) is 25.9 Å². The number of methoxy groups -OCH3 is 2. The molecule has 2 N–H and O–H groups in total. The second-order valence-corrected chi connectivity index (χ2v) is 4.95. The zero-order chi connectivity index (χ0) is 13.5. The molecule has 0 saturated carbocycles. The molecular formula is C13H20BrNO3. The van der Waals surface area contributed by atoms with Crippen LogP contribution in [-0.4, -0.2) is 32.0 Å². The van der Waals surface area contributed by atoms with Crippen LogP contribution in [0.15, 0.2) is 16.6 Å². The van der Waals surface area contributed by atoms with E-state index in [9.17, 15) is 0 Å². The normalized spacial score (nSPS) is 12.3. The third-order valence-corrected chi connectivity index (χ3v) is 3.49. The fourth-order valence-corrected chi connectivity index (χ4v) is 2.07. The minimum Gasteiger partial charge on any atom is -0.493 e. The number of rotatable bonds is 7. The molecule has 4 nitrogen and oxygen atoms in total. The van der Waals surface area contributed by atoms with E-state index in [1.165, 1.54) is 0 Å². The van der Waals surface area contributed by atoms with Crippen molar-refractivity contribution < 1.29 is 14.6 Å². The van der Waals surface area contributed by atoms with Crippen LogP contribution in [0, 0.1) is 0 Å². The topological polar surface area (TPSA) is 50.7 Å². The first-order valence-corrected chi connectivity index (χ1v) is 6.66. The van der Waals surface area contributed by atoms with Gasteiger partial charge in [0.1, 0.15) is 0 Å². The maximum Gasteiger partial charge on any atom is 0.161 e. The molecule has 1 aromatic carbocycles. The highest BCUT2D eigenvalue weighted by molar-refractivity contribution is 9.10. The molecule has 0 aromatic heterocycles. The second-order valence-electron chi connectivity index (χ2n) is 4.09. The Hall–Kier alpha value is -0.780. The summed E-state index contributed by atoms with van der Waals surface area (Å²) in [7, 11) is 3.24. The van der Waals surface area contributed by atoms with Crippen molar-refractivity contribution in [2.75, 3.05) is 20.8 Å². The molecule has 0 aliphatic rings. The molecule has 0 fully saturated rings. The molecule has 0 amide bonds. The van der Waals surface area contributed by atoms with E-state index in [1.807, 2.05) is 19.1 Å². The van der Waals surface area contributed by atoms with Gasteiger partial charge in [-0.25, -0.2) is 0 Å². The number of aliphatic hydroxyl groups is 1. The van der Waals surface area contributed by atoms with Crippen LogP contribution in [0.1, 0.15) is 18.9 Å². The third kappa shape index (κ3) is 4.15. The first-order valence-electron chi connectivity index (χ1n) is 5.87. The van der Waals surface area contributed by atoms with Gasteiger partial charge in [0, 0.05) is 23.7 Å². The van der Waals surface area contributed by atoms with E-state index in [4.69, 9.17) is 14.6 Å². The fourth-order valence-electron chi connectivity index (χ4n) is 1.61. The third-order valence-electron chi connectivity index (χ3n) is 2.76. The Morgan fingerprint density at radius 2 is 1.89 bits per heavy atom. The number of hydrogen-bond donors (Lipinski definition) is 2. The van der Waals surface area contributed by atoms with E-state index < -0.39 is 0 Å². The monoisotopic (exact) mass is 317 g/mol. The summed E-state index contributed by atoms with van der Waals surface area (Å²) in [6.45, 7) is 2.95. The number of nitrogens with one attached hydrogen (secondary N) is 1. The van der Waals surface area contributed by atoms with Gasteiger partial charge in [-0.1, -0.05) is 15.9 Å². The van der Waals surface area contributed by atoms with Gasteiger partial charge in [0.2, 0.25) is 0 Å². The van der Waals surface area contributed by atoms with E-state index in [0.717, 1.165) is 16.5 Å². The minimum atomic E-state index is 0.196. The van der Waals surface area contributed by atoms with Crippen molar-refractivity contribution >= 4 is 15.9 Å². The minimum absolute atomic E-state index is 0.196. The van der Waals surface area contributed by atoms with Gasteiger partial charge in [0.15, 0.2) is 11.5 Å². The average molecular weight is 318 g/mol. The zero-order valence-electron chi connectivity index (χ0n) is 11.0. The van der Waals surface area contributed by atoms with Gasteiger partial charge in [0.25, 0.3) is 0 Å². The Bertz CT molecular complexity index is 385. The lowest BCUT2D eigenvalue weighted by Gasteiger charge is -2.15. The molecule has 18 heavy (non-hydrogen) atoms. The molecule has 102 valence electrons. The predicted octanol–water partition coefficient (Wildman–Crippen LogP) is 2.33. The number of halogens is 1. The molecule has 0 saturated heterocycles. The molecule has 0 aliphatic carbocycles. The molecule has 5 heteroatoms. The lowest BCUT2D eigenvalue weighted by molar-refractivity contribution is 0.268. The Kier molecular flexibility index (Phi) is 6.46. The fraction of sp³-hybridized carbons (Fsp3) is 0.538. The molecule has 1 unspecified atom stereocenters. The van der Waals surface area contributed by atoms with Crippen molar-refractivity contribution in [3.05, 3.63) is 22.2 Å². The van der Waals surface area contributed by atoms with Crippen LogP contribution < -0.4 is 14.8 Å². The molecule has 0 aliphatic heterocycles. The van der Waals surface area contributed by atoms with Gasteiger partial charge in [-0.05, 0) is 31.0 Å². The summed E-state index contributed by atoms with van der Waals surface area (Å²) in [5, 5.41) is 12.2. The first kappa shape index (κ1) is 15.3. The Labute approximate surface area is 116 Å². The van der Waals surface area contributed by atoms with Crippen molar-refractivity contribution in [1.82, 2.24) is 5.32 Å². The molecule has 0 radical (unpaired) electrons. The highest BCUT2D eigenvalue weighted by Crippen LogP contribution is 2.33. The number of benzene rings is 1. The molecule has 1 aromatic rings. The second kappa shape index (κ2) is 7.61. The van der Waals surface area contributed by atoms with E-state index >= 15 is 0 Å². The lowest BCUT2D eigenvalue weighted by Crippen LogP contribution is -2.26. The van der Waals surface area contributed by atoms with Gasteiger partial charge >= 0.3 is 0 Å². The van der Waals surface area contributed by atoms with Crippen LogP contribution in [-0.2, 0) is 6.54 Å². The van der Waals surface area contributed by atoms with Gasteiger partial charge in [-0.3, -0.25) is 0 Å². The number of ether oxygens (including phenoxy) is 2. The van der Waals surface area contributed by atoms with Crippen LogP contribution in [0.2, 0.25) is 0 Å². The smallest absolute Gasteiger partial charge is 0.161 e. The highest BCUT2D eigenvalue weighted by Gasteiger charge is 2.10. The lowest BCUT2D eigenvalue weighted by atomic mass is 10.1. The number of hydrogen-bond acceptors (Lipinski definition) is 4. The Morgan fingerprint density at radius 1 is 1.28 bits per heavy atom. The summed E-state index contributed by atoms with van der Waals surface area (Å²) in [4.78, 5) is 0. The van der Waals surface area contributed by atoms with Crippen LogP contribution in [0.25, 0.3) is 0 Å². The molecule has 1 rings (SSSR count). The maximum atomic E-state index is 8.85.